The summed E-state index contributed by atoms with van der Waals surface area (Å²) < 4.78 is 6.81. The van der Waals surface area contributed by atoms with Crippen molar-refractivity contribution in [3.05, 3.63) is 17.1 Å². The van der Waals surface area contributed by atoms with E-state index in [9.17, 15) is 0 Å². The molecule has 0 aromatic carbocycles. The summed E-state index contributed by atoms with van der Waals surface area (Å²) in [7, 11) is 0. The highest BCUT2D eigenvalue weighted by Gasteiger charge is 2.20. The summed E-state index contributed by atoms with van der Waals surface area (Å²) in [6, 6.07) is 2.92. The van der Waals surface area contributed by atoms with Crippen molar-refractivity contribution in [2.24, 2.45) is 0 Å². The molecular formula is C11H15N3S. The summed E-state index contributed by atoms with van der Waals surface area (Å²) >= 11 is 1.56. The van der Waals surface area contributed by atoms with Gasteiger partial charge >= 0.3 is 0 Å². The van der Waals surface area contributed by atoms with Crippen molar-refractivity contribution < 1.29 is 0 Å². The van der Waals surface area contributed by atoms with Crippen LogP contribution in [0.2, 0.25) is 0 Å². The highest BCUT2D eigenvalue weighted by atomic mass is 32.1. The van der Waals surface area contributed by atoms with Gasteiger partial charge in [0.05, 0.1) is 0 Å². The van der Waals surface area contributed by atoms with Gasteiger partial charge in [-0.2, -0.15) is 4.37 Å². The molecular weight excluding hydrogens is 206 g/mol. The van der Waals surface area contributed by atoms with E-state index in [0.29, 0.717) is 6.04 Å². The fourth-order valence-corrected chi connectivity index (χ4v) is 2.92. The van der Waals surface area contributed by atoms with Gasteiger partial charge in [0.15, 0.2) is 5.65 Å². The van der Waals surface area contributed by atoms with Gasteiger partial charge in [-0.3, -0.25) is 4.90 Å². The molecule has 80 valence electrons. The molecule has 0 amide bonds. The van der Waals surface area contributed by atoms with Crippen molar-refractivity contribution in [3.63, 3.8) is 0 Å². The quantitative estimate of drug-likeness (QED) is 0.737. The van der Waals surface area contributed by atoms with Crippen molar-refractivity contribution in [3.8, 4) is 0 Å². The largest absolute Gasteiger partial charge is 0.326 e. The van der Waals surface area contributed by atoms with Crippen LogP contribution in [0.3, 0.4) is 0 Å². The van der Waals surface area contributed by atoms with Crippen LogP contribution in [0.1, 0.15) is 19.5 Å². The van der Waals surface area contributed by atoms with Crippen molar-refractivity contribution in [1.82, 2.24) is 13.8 Å². The lowest BCUT2D eigenvalue weighted by atomic mass is 10.2. The fourth-order valence-electron chi connectivity index (χ4n) is 2.27. The molecule has 0 saturated carbocycles. The maximum atomic E-state index is 4.45. The van der Waals surface area contributed by atoms with Gasteiger partial charge in [-0.1, -0.05) is 0 Å². The number of aromatic nitrogens is 2. The molecule has 0 spiro atoms. The number of fused-ring (bicyclic) bond motifs is 3. The number of rotatable bonds is 1. The number of hydrogen-bond donors (Lipinski definition) is 0. The number of hydrogen-bond acceptors (Lipinski definition) is 3. The summed E-state index contributed by atoms with van der Waals surface area (Å²) in [5.74, 6) is 0. The lowest BCUT2D eigenvalue weighted by Gasteiger charge is -2.31. The Morgan fingerprint density at radius 2 is 2.27 bits per heavy atom. The molecule has 0 aliphatic carbocycles. The van der Waals surface area contributed by atoms with Gasteiger partial charge in [-0.15, -0.1) is 0 Å². The van der Waals surface area contributed by atoms with Crippen LogP contribution in [0, 0.1) is 0 Å². The third kappa shape index (κ3) is 1.40. The van der Waals surface area contributed by atoms with Gasteiger partial charge in [0.1, 0.15) is 0 Å². The highest BCUT2D eigenvalue weighted by Crippen LogP contribution is 2.25. The summed E-state index contributed by atoms with van der Waals surface area (Å²) in [6.07, 6.45) is 0. The van der Waals surface area contributed by atoms with Crippen LogP contribution in [0.4, 0.5) is 0 Å². The van der Waals surface area contributed by atoms with E-state index in [0.717, 1.165) is 19.6 Å². The summed E-state index contributed by atoms with van der Waals surface area (Å²) in [5.41, 5.74) is 2.60. The van der Waals surface area contributed by atoms with Crippen LogP contribution in [0.15, 0.2) is 11.4 Å². The monoisotopic (exact) mass is 221 g/mol. The van der Waals surface area contributed by atoms with E-state index in [2.05, 4.69) is 39.1 Å². The normalized spacial score (nSPS) is 17.5. The van der Waals surface area contributed by atoms with Gasteiger partial charge < -0.3 is 4.57 Å². The molecule has 1 aliphatic heterocycles. The van der Waals surface area contributed by atoms with E-state index in [-0.39, 0.29) is 0 Å². The predicted octanol–water partition coefficient (Wildman–Crippen LogP) is 2.32. The summed E-state index contributed by atoms with van der Waals surface area (Å²) in [4.78, 5) is 2.51. The summed E-state index contributed by atoms with van der Waals surface area (Å²) in [5, 5.41) is 3.45. The molecule has 2 aromatic heterocycles. The van der Waals surface area contributed by atoms with Crippen molar-refractivity contribution in [1.29, 1.82) is 0 Å². The first-order valence-corrected chi connectivity index (χ1v) is 6.26. The Kier molecular flexibility index (Phi) is 2.07. The molecule has 0 fully saturated rings. The van der Waals surface area contributed by atoms with Gasteiger partial charge in [-0.05, 0) is 31.4 Å². The topological polar surface area (TPSA) is 21.1 Å². The zero-order valence-corrected chi connectivity index (χ0v) is 9.92. The van der Waals surface area contributed by atoms with E-state index in [1.165, 1.54) is 16.7 Å². The second-order valence-corrected chi connectivity index (χ2v) is 5.07. The molecule has 3 nitrogen and oxygen atoms in total. The zero-order chi connectivity index (χ0) is 10.4. The van der Waals surface area contributed by atoms with Gasteiger partial charge in [0.2, 0.25) is 0 Å². The Morgan fingerprint density at radius 1 is 1.40 bits per heavy atom. The average Bonchev–Trinajstić information content (AvgIpc) is 2.75. The van der Waals surface area contributed by atoms with Crippen LogP contribution < -0.4 is 0 Å². The van der Waals surface area contributed by atoms with E-state index >= 15 is 0 Å². The first-order chi connectivity index (χ1) is 7.25. The maximum absolute atomic E-state index is 4.45. The van der Waals surface area contributed by atoms with Crippen LogP contribution in [0.5, 0.6) is 0 Å². The molecule has 0 N–H and O–H groups in total. The molecule has 0 saturated heterocycles. The molecule has 0 bridgehead atoms. The SMILES string of the molecule is CC(C)N1CCn2c(cc3csnc32)C1. The molecule has 0 radical (unpaired) electrons. The predicted molar refractivity (Wildman–Crippen MR) is 63.2 cm³/mol. The van der Waals surface area contributed by atoms with Crippen LogP contribution >= 0.6 is 11.5 Å². The standard InChI is InChI=1S/C11H15N3S/c1-8(2)13-3-4-14-10(6-13)5-9-7-15-12-11(9)14/h5,7-8H,3-4,6H2,1-2H3. The van der Waals surface area contributed by atoms with Gasteiger partial charge in [0, 0.05) is 42.1 Å². The van der Waals surface area contributed by atoms with Crippen molar-refractivity contribution >= 4 is 22.6 Å². The van der Waals surface area contributed by atoms with E-state index in [1.807, 2.05) is 0 Å². The Labute approximate surface area is 93.5 Å². The van der Waals surface area contributed by atoms with E-state index < -0.39 is 0 Å². The summed E-state index contributed by atoms with van der Waals surface area (Å²) in [6.45, 7) is 7.82. The van der Waals surface area contributed by atoms with Crippen LogP contribution in [0.25, 0.3) is 11.0 Å². The average molecular weight is 221 g/mol. The molecule has 3 heterocycles. The first kappa shape index (κ1) is 9.36. The van der Waals surface area contributed by atoms with Gasteiger partial charge in [0.25, 0.3) is 0 Å². The molecule has 1 aliphatic rings. The molecule has 4 heteroatoms. The Morgan fingerprint density at radius 3 is 3.07 bits per heavy atom. The maximum Gasteiger partial charge on any atom is 0.153 e. The smallest absolute Gasteiger partial charge is 0.153 e. The minimum Gasteiger partial charge on any atom is -0.326 e. The van der Waals surface area contributed by atoms with E-state index in [1.54, 1.807) is 11.5 Å². The molecule has 0 atom stereocenters. The highest BCUT2D eigenvalue weighted by molar-refractivity contribution is 7.04. The Bertz CT molecular complexity index is 483. The molecule has 3 rings (SSSR count). The first-order valence-electron chi connectivity index (χ1n) is 5.42. The van der Waals surface area contributed by atoms with Gasteiger partial charge in [-0.25, -0.2) is 0 Å². The minimum atomic E-state index is 0.638. The van der Waals surface area contributed by atoms with Crippen molar-refractivity contribution in [2.45, 2.75) is 33.0 Å². The Balaban J connectivity index is 2.02. The molecule has 15 heavy (non-hydrogen) atoms. The van der Waals surface area contributed by atoms with E-state index in [4.69, 9.17) is 0 Å². The zero-order valence-electron chi connectivity index (χ0n) is 9.10. The van der Waals surface area contributed by atoms with Crippen LogP contribution in [-0.2, 0) is 13.1 Å². The second kappa shape index (κ2) is 3.32. The van der Waals surface area contributed by atoms with Crippen LogP contribution in [-0.4, -0.2) is 26.4 Å². The molecule has 0 unspecified atom stereocenters. The lowest BCUT2D eigenvalue weighted by Crippen LogP contribution is -2.37. The van der Waals surface area contributed by atoms with Crippen molar-refractivity contribution in [2.75, 3.05) is 6.54 Å². The lowest BCUT2D eigenvalue weighted by molar-refractivity contribution is 0.178. The minimum absolute atomic E-state index is 0.638. The number of nitrogens with zero attached hydrogens (tertiary/aromatic N) is 3. The Hall–Kier alpha value is -0.870. The second-order valence-electron chi connectivity index (χ2n) is 4.45. The third-order valence-electron chi connectivity index (χ3n) is 3.21. The third-order valence-corrected chi connectivity index (χ3v) is 3.85. The fraction of sp³-hybridized carbons (Fsp3) is 0.545. The molecule has 2 aromatic rings.